The lowest BCUT2D eigenvalue weighted by atomic mass is 10.0. The van der Waals surface area contributed by atoms with Gasteiger partial charge in [0, 0.05) is 24.7 Å². The normalized spacial score (nSPS) is 16.9. The second kappa shape index (κ2) is 10.1. The van der Waals surface area contributed by atoms with Gasteiger partial charge in [0.2, 0.25) is 5.91 Å². The number of hydrogen-bond acceptors (Lipinski definition) is 4. The Labute approximate surface area is 173 Å². The molecule has 2 aromatic carbocycles. The minimum absolute atomic E-state index is 0.0707. The van der Waals surface area contributed by atoms with Crippen molar-refractivity contribution in [2.24, 2.45) is 0 Å². The van der Waals surface area contributed by atoms with Crippen LogP contribution >= 0.6 is 0 Å². The molecule has 1 amide bonds. The molecular formula is C24H30N2O3. The molecule has 5 nitrogen and oxygen atoms in total. The summed E-state index contributed by atoms with van der Waals surface area (Å²) in [5.74, 6) is 1.57. The molecule has 0 bridgehead atoms. The number of carbonyl (C=O) groups is 1. The van der Waals surface area contributed by atoms with Crippen molar-refractivity contribution in [2.75, 3.05) is 26.8 Å². The van der Waals surface area contributed by atoms with Crippen molar-refractivity contribution in [2.45, 2.75) is 32.4 Å². The molecule has 1 saturated heterocycles. The number of nitrogens with zero attached hydrogens (tertiary/aromatic N) is 1. The number of ether oxygens (including phenoxy) is 2. The van der Waals surface area contributed by atoms with Gasteiger partial charge >= 0.3 is 0 Å². The number of allylic oxidation sites excluding steroid dienone is 1. The van der Waals surface area contributed by atoms with E-state index in [0.29, 0.717) is 26.1 Å². The first-order chi connectivity index (χ1) is 14.1. The number of hydrogen-bond donors (Lipinski definition) is 1. The molecule has 0 spiro atoms. The van der Waals surface area contributed by atoms with Crippen LogP contribution in [-0.2, 0) is 24.2 Å². The van der Waals surface area contributed by atoms with Crippen molar-refractivity contribution >= 4 is 5.91 Å². The van der Waals surface area contributed by atoms with Crippen LogP contribution in [0.4, 0.5) is 0 Å². The number of nitrogens with one attached hydrogen (secondary N) is 1. The topological polar surface area (TPSA) is 50.8 Å². The highest BCUT2D eigenvalue weighted by atomic mass is 16.5. The van der Waals surface area contributed by atoms with Crippen LogP contribution in [0.5, 0.6) is 11.5 Å². The fourth-order valence-corrected chi connectivity index (χ4v) is 3.87. The van der Waals surface area contributed by atoms with E-state index < -0.39 is 0 Å². The third-order valence-corrected chi connectivity index (χ3v) is 5.01. The molecule has 0 aliphatic carbocycles. The van der Waals surface area contributed by atoms with Gasteiger partial charge in [-0.15, -0.1) is 6.58 Å². The molecule has 5 heteroatoms. The number of methoxy groups -OCH3 is 1. The first-order valence-electron chi connectivity index (χ1n) is 10.1. The molecule has 1 atom stereocenters. The Morgan fingerprint density at radius 2 is 2.03 bits per heavy atom. The van der Waals surface area contributed by atoms with E-state index in [1.54, 1.807) is 7.11 Å². The monoisotopic (exact) mass is 394 g/mol. The van der Waals surface area contributed by atoms with Crippen molar-refractivity contribution < 1.29 is 14.3 Å². The number of piperazine rings is 1. The molecule has 1 aliphatic rings. The van der Waals surface area contributed by atoms with Crippen LogP contribution in [0.25, 0.3) is 0 Å². The zero-order valence-electron chi connectivity index (χ0n) is 17.3. The first-order valence-corrected chi connectivity index (χ1v) is 10.1. The van der Waals surface area contributed by atoms with Crippen LogP contribution in [0.2, 0.25) is 0 Å². The van der Waals surface area contributed by atoms with Gasteiger partial charge in [0.25, 0.3) is 0 Å². The van der Waals surface area contributed by atoms with Gasteiger partial charge in [-0.05, 0) is 37.0 Å². The first kappa shape index (κ1) is 20.9. The molecule has 0 saturated carbocycles. The Balaban J connectivity index is 1.76. The highest BCUT2D eigenvalue weighted by Crippen LogP contribution is 2.34. The van der Waals surface area contributed by atoms with Crippen LogP contribution < -0.4 is 14.8 Å². The lowest BCUT2D eigenvalue weighted by Gasteiger charge is -2.33. The Kier molecular flexibility index (Phi) is 7.30. The highest BCUT2D eigenvalue weighted by Gasteiger charge is 2.25. The Morgan fingerprint density at radius 1 is 1.24 bits per heavy atom. The van der Waals surface area contributed by atoms with Gasteiger partial charge in [-0.2, -0.15) is 0 Å². The molecule has 0 unspecified atom stereocenters. The molecule has 3 rings (SSSR count). The van der Waals surface area contributed by atoms with E-state index in [0.717, 1.165) is 35.6 Å². The summed E-state index contributed by atoms with van der Waals surface area (Å²) in [6.45, 7) is 8.30. The summed E-state index contributed by atoms with van der Waals surface area (Å²) in [6, 6.07) is 14.5. The summed E-state index contributed by atoms with van der Waals surface area (Å²) in [4.78, 5) is 14.5. The molecule has 2 aromatic rings. The third kappa shape index (κ3) is 5.61. The standard InChI is InChI=1S/C24H30N2O3/c1-4-9-20-12-19(14-22(28-3)24(20)29-5-2)15-26-16-21(25-23(27)17-26)13-18-10-7-6-8-11-18/h4,6-8,10-12,14,21H,1,5,9,13,15-17H2,2-3H3,(H,25,27)/t21-/m0/s1. The van der Waals surface area contributed by atoms with E-state index in [9.17, 15) is 4.79 Å². The Hall–Kier alpha value is -2.79. The van der Waals surface area contributed by atoms with Crippen molar-refractivity contribution in [3.8, 4) is 11.5 Å². The molecular weight excluding hydrogens is 364 g/mol. The minimum atomic E-state index is 0.0707. The fourth-order valence-electron chi connectivity index (χ4n) is 3.87. The van der Waals surface area contributed by atoms with Gasteiger partial charge in [-0.3, -0.25) is 9.69 Å². The second-order valence-corrected chi connectivity index (χ2v) is 7.34. The highest BCUT2D eigenvalue weighted by molar-refractivity contribution is 5.79. The fraction of sp³-hybridized carbons (Fsp3) is 0.375. The summed E-state index contributed by atoms with van der Waals surface area (Å²) in [6.07, 6.45) is 3.40. The predicted molar refractivity (Wildman–Crippen MR) is 115 cm³/mol. The number of benzene rings is 2. The van der Waals surface area contributed by atoms with E-state index in [-0.39, 0.29) is 11.9 Å². The SMILES string of the molecule is C=CCc1cc(CN2CC(=O)N[C@@H](Cc3ccccc3)C2)cc(OC)c1OCC. The van der Waals surface area contributed by atoms with Gasteiger partial charge < -0.3 is 14.8 Å². The summed E-state index contributed by atoms with van der Waals surface area (Å²) < 4.78 is 11.4. The predicted octanol–water partition coefficient (Wildman–Crippen LogP) is 3.37. The molecule has 29 heavy (non-hydrogen) atoms. The van der Waals surface area contributed by atoms with Crippen molar-refractivity contribution in [3.63, 3.8) is 0 Å². The molecule has 0 radical (unpaired) electrons. The van der Waals surface area contributed by atoms with E-state index in [2.05, 4.69) is 35.0 Å². The lowest BCUT2D eigenvalue weighted by molar-refractivity contribution is -0.125. The molecule has 1 N–H and O–H groups in total. The van der Waals surface area contributed by atoms with E-state index >= 15 is 0 Å². The molecule has 0 aromatic heterocycles. The van der Waals surface area contributed by atoms with E-state index in [4.69, 9.17) is 9.47 Å². The van der Waals surface area contributed by atoms with Crippen molar-refractivity contribution in [1.82, 2.24) is 10.2 Å². The summed E-state index contributed by atoms with van der Waals surface area (Å²) >= 11 is 0. The Bertz CT molecular complexity index is 836. The smallest absolute Gasteiger partial charge is 0.234 e. The van der Waals surface area contributed by atoms with Gasteiger partial charge in [-0.1, -0.05) is 42.5 Å². The lowest BCUT2D eigenvalue weighted by Crippen LogP contribution is -2.54. The largest absolute Gasteiger partial charge is 0.493 e. The second-order valence-electron chi connectivity index (χ2n) is 7.34. The molecule has 1 aliphatic heterocycles. The number of rotatable bonds is 9. The van der Waals surface area contributed by atoms with Gasteiger partial charge in [0.05, 0.1) is 20.3 Å². The Morgan fingerprint density at radius 3 is 2.72 bits per heavy atom. The molecule has 1 fully saturated rings. The maximum atomic E-state index is 12.3. The van der Waals surface area contributed by atoms with Crippen LogP contribution in [0, 0.1) is 0 Å². The number of amides is 1. The zero-order valence-corrected chi connectivity index (χ0v) is 17.3. The quantitative estimate of drug-likeness (QED) is 0.663. The van der Waals surface area contributed by atoms with Crippen LogP contribution in [-0.4, -0.2) is 43.7 Å². The summed E-state index contributed by atoms with van der Waals surface area (Å²) in [7, 11) is 1.66. The maximum Gasteiger partial charge on any atom is 0.234 e. The minimum Gasteiger partial charge on any atom is -0.493 e. The summed E-state index contributed by atoms with van der Waals surface area (Å²) in [5.41, 5.74) is 3.39. The van der Waals surface area contributed by atoms with Crippen LogP contribution in [0.3, 0.4) is 0 Å². The van der Waals surface area contributed by atoms with E-state index in [1.807, 2.05) is 37.3 Å². The van der Waals surface area contributed by atoms with Gasteiger partial charge in [0.1, 0.15) is 0 Å². The van der Waals surface area contributed by atoms with Gasteiger partial charge in [-0.25, -0.2) is 0 Å². The van der Waals surface area contributed by atoms with E-state index in [1.165, 1.54) is 5.56 Å². The average molecular weight is 395 g/mol. The van der Waals surface area contributed by atoms with Crippen molar-refractivity contribution in [3.05, 3.63) is 71.8 Å². The molecule has 154 valence electrons. The number of carbonyl (C=O) groups excluding carboxylic acids is 1. The third-order valence-electron chi connectivity index (χ3n) is 5.01. The summed E-state index contributed by atoms with van der Waals surface area (Å²) in [5, 5.41) is 3.12. The van der Waals surface area contributed by atoms with Crippen LogP contribution in [0.15, 0.2) is 55.1 Å². The molecule has 1 heterocycles. The van der Waals surface area contributed by atoms with Gasteiger partial charge in [0.15, 0.2) is 11.5 Å². The van der Waals surface area contributed by atoms with Crippen molar-refractivity contribution in [1.29, 1.82) is 0 Å². The van der Waals surface area contributed by atoms with Crippen LogP contribution in [0.1, 0.15) is 23.6 Å². The average Bonchev–Trinajstić information content (AvgIpc) is 2.70. The maximum absolute atomic E-state index is 12.3. The zero-order chi connectivity index (χ0) is 20.6.